The SMILES string of the molecule is O=C(O)CCC1CCCN(C(=O)CCCc2nc3ccccc3c(=O)[nH]2)C1. The van der Waals surface area contributed by atoms with Crippen LogP contribution in [0, 0.1) is 5.92 Å². The normalized spacial score (nSPS) is 17.2. The summed E-state index contributed by atoms with van der Waals surface area (Å²) in [5.41, 5.74) is 0.513. The maximum Gasteiger partial charge on any atom is 0.303 e. The number of carboxylic acids is 1. The number of hydrogen-bond donors (Lipinski definition) is 2. The van der Waals surface area contributed by atoms with Crippen LogP contribution in [0.5, 0.6) is 0 Å². The highest BCUT2D eigenvalue weighted by molar-refractivity contribution is 5.77. The second kappa shape index (κ2) is 8.79. The van der Waals surface area contributed by atoms with E-state index in [2.05, 4.69) is 9.97 Å². The number of nitrogens with one attached hydrogen (secondary N) is 1. The summed E-state index contributed by atoms with van der Waals surface area (Å²) >= 11 is 0. The number of likely N-dealkylation sites (tertiary alicyclic amines) is 1. The highest BCUT2D eigenvalue weighted by Crippen LogP contribution is 2.22. The summed E-state index contributed by atoms with van der Waals surface area (Å²) in [6.45, 7) is 1.39. The molecule has 2 N–H and O–H groups in total. The van der Waals surface area contributed by atoms with Gasteiger partial charge in [-0.25, -0.2) is 4.98 Å². The lowest BCUT2D eigenvalue weighted by molar-refractivity contribution is -0.137. The Morgan fingerprint density at radius 3 is 2.89 bits per heavy atom. The number of amides is 1. The zero-order chi connectivity index (χ0) is 19.2. The van der Waals surface area contributed by atoms with Gasteiger partial charge in [-0.15, -0.1) is 0 Å². The molecule has 1 amide bonds. The quantitative estimate of drug-likeness (QED) is 0.778. The highest BCUT2D eigenvalue weighted by Gasteiger charge is 2.23. The number of hydrogen-bond acceptors (Lipinski definition) is 4. The lowest BCUT2D eigenvalue weighted by Gasteiger charge is -2.32. The van der Waals surface area contributed by atoms with Gasteiger partial charge in [0.1, 0.15) is 5.82 Å². The number of H-pyrrole nitrogens is 1. The van der Waals surface area contributed by atoms with Gasteiger partial charge in [0.15, 0.2) is 0 Å². The number of carbonyl (C=O) groups is 2. The van der Waals surface area contributed by atoms with Crippen molar-refractivity contribution in [3.8, 4) is 0 Å². The number of benzene rings is 1. The number of aryl methyl sites for hydroxylation is 1. The maximum absolute atomic E-state index is 12.5. The number of aromatic amines is 1. The van der Waals surface area contributed by atoms with Gasteiger partial charge in [-0.2, -0.15) is 0 Å². The molecule has 7 nitrogen and oxygen atoms in total. The molecule has 1 atom stereocenters. The summed E-state index contributed by atoms with van der Waals surface area (Å²) in [5, 5.41) is 9.39. The van der Waals surface area contributed by atoms with E-state index in [-0.39, 0.29) is 23.8 Å². The van der Waals surface area contributed by atoms with Crippen molar-refractivity contribution in [2.45, 2.75) is 44.9 Å². The number of carboxylic acid groups (broad SMARTS) is 1. The highest BCUT2D eigenvalue weighted by atomic mass is 16.4. The van der Waals surface area contributed by atoms with Crippen molar-refractivity contribution in [3.05, 3.63) is 40.4 Å². The first-order valence-corrected chi connectivity index (χ1v) is 9.50. The largest absolute Gasteiger partial charge is 0.481 e. The van der Waals surface area contributed by atoms with Crippen molar-refractivity contribution < 1.29 is 14.7 Å². The van der Waals surface area contributed by atoms with Crippen LogP contribution in [0.15, 0.2) is 29.1 Å². The predicted octanol–water partition coefficient (Wildman–Crippen LogP) is 2.35. The first kappa shape index (κ1) is 19.1. The Labute approximate surface area is 157 Å². The minimum absolute atomic E-state index is 0.0955. The van der Waals surface area contributed by atoms with Crippen molar-refractivity contribution in [1.29, 1.82) is 0 Å². The third-order valence-electron chi connectivity index (χ3n) is 5.10. The van der Waals surface area contributed by atoms with Crippen LogP contribution >= 0.6 is 0 Å². The van der Waals surface area contributed by atoms with Gasteiger partial charge in [0.05, 0.1) is 10.9 Å². The maximum atomic E-state index is 12.5. The topological polar surface area (TPSA) is 103 Å². The van der Waals surface area contributed by atoms with E-state index in [9.17, 15) is 14.4 Å². The molecule has 0 aliphatic carbocycles. The molecule has 1 aliphatic heterocycles. The van der Waals surface area contributed by atoms with Crippen LogP contribution in [-0.2, 0) is 16.0 Å². The Morgan fingerprint density at radius 2 is 2.07 bits per heavy atom. The third kappa shape index (κ3) is 5.15. The van der Waals surface area contributed by atoms with Crippen LogP contribution in [0.1, 0.15) is 44.3 Å². The molecular weight excluding hydrogens is 346 g/mol. The number of para-hydroxylation sites is 1. The van der Waals surface area contributed by atoms with E-state index in [1.165, 1.54) is 0 Å². The molecule has 2 aromatic rings. The predicted molar refractivity (Wildman–Crippen MR) is 101 cm³/mol. The summed E-state index contributed by atoms with van der Waals surface area (Å²) < 4.78 is 0. The molecule has 2 heterocycles. The molecule has 1 aliphatic rings. The van der Waals surface area contributed by atoms with Crippen molar-refractivity contribution in [3.63, 3.8) is 0 Å². The molecule has 1 aromatic carbocycles. The lowest BCUT2D eigenvalue weighted by Crippen LogP contribution is -2.40. The molecule has 1 unspecified atom stereocenters. The van der Waals surface area contributed by atoms with E-state index >= 15 is 0 Å². The molecule has 1 aromatic heterocycles. The second-order valence-corrected chi connectivity index (χ2v) is 7.16. The number of carbonyl (C=O) groups excluding carboxylic acids is 1. The van der Waals surface area contributed by atoms with Crippen LogP contribution in [0.2, 0.25) is 0 Å². The summed E-state index contributed by atoms with van der Waals surface area (Å²) in [5.74, 6) is 0.190. The molecule has 0 spiro atoms. The Bertz CT molecular complexity index is 877. The first-order valence-electron chi connectivity index (χ1n) is 9.50. The van der Waals surface area contributed by atoms with E-state index < -0.39 is 5.97 Å². The molecule has 144 valence electrons. The Morgan fingerprint density at radius 1 is 1.26 bits per heavy atom. The summed E-state index contributed by atoms with van der Waals surface area (Å²) in [4.78, 5) is 44.4. The molecule has 27 heavy (non-hydrogen) atoms. The molecule has 1 saturated heterocycles. The smallest absolute Gasteiger partial charge is 0.303 e. The Balaban J connectivity index is 1.50. The van der Waals surface area contributed by atoms with Gasteiger partial charge in [0.2, 0.25) is 5.91 Å². The van der Waals surface area contributed by atoms with E-state index in [1.54, 1.807) is 12.1 Å². The number of piperidine rings is 1. The van der Waals surface area contributed by atoms with Crippen LogP contribution in [-0.4, -0.2) is 44.9 Å². The number of nitrogens with zero attached hydrogens (tertiary/aromatic N) is 2. The van der Waals surface area contributed by atoms with Crippen LogP contribution in [0.4, 0.5) is 0 Å². The third-order valence-corrected chi connectivity index (χ3v) is 5.10. The van der Waals surface area contributed by atoms with Gasteiger partial charge < -0.3 is 15.0 Å². The first-order chi connectivity index (χ1) is 13.0. The van der Waals surface area contributed by atoms with Crippen molar-refractivity contribution in [2.24, 2.45) is 5.92 Å². The van der Waals surface area contributed by atoms with Crippen molar-refractivity contribution in [1.82, 2.24) is 14.9 Å². The molecule has 0 radical (unpaired) electrons. The number of aliphatic carboxylic acids is 1. The molecule has 0 saturated carbocycles. The van der Waals surface area contributed by atoms with E-state index in [0.29, 0.717) is 49.0 Å². The summed E-state index contributed by atoms with van der Waals surface area (Å²) in [6.07, 6.45) is 4.27. The van der Waals surface area contributed by atoms with Gasteiger partial charge in [-0.3, -0.25) is 14.4 Å². The fraction of sp³-hybridized carbons (Fsp3) is 0.500. The van der Waals surface area contributed by atoms with Gasteiger partial charge in [0, 0.05) is 32.4 Å². The monoisotopic (exact) mass is 371 g/mol. The van der Waals surface area contributed by atoms with E-state index in [0.717, 1.165) is 19.4 Å². The average molecular weight is 371 g/mol. The van der Waals surface area contributed by atoms with Crippen LogP contribution < -0.4 is 5.56 Å². The Hall–Kier alpha value is -2.70. The lowest BCUT2D eigenvalue weighted by atomic mass is 9.93. The van der Waals surface area contributed by atoms with Crippen LogP contribution in [0.3, 0.4) is 0 Å². The average Bonchev–Trinajstić information content (AvgIpc) is 2.66. The standard InChI is InChI=1S/C20H25N3O4/c24-18(23-12-4-5-14(13-23)10-11-19(25)26)9-3-8-17-21-16-7-2-1-6-15(16)20(27)22-17/h1-2,6-7,14H,3-5,8-13H2,(H,25,26)(H,21,22,27). The van der Waals surface area contributed by atoms with Gasteiger partial charge >= 0.3 is 5.97 Å². The number of fused-ring (bicyclic) bond motifs is 1. The molecule has 7 heteroatoms. The second-order valence-electron chi connectivity index (χ2n) is 7.16. The molecule has 1 fully saturated rings. The fourth-order valence-electron chi connectivity index (χ4n) is 3.67. The molecule has 3 rings (SSSR count). The molecule has 0 bridgehead atoms. The molecular formula is C20H25N3O4. The van der Waals surface area contributed by atoms with E-state index in [4.69, 9.17) is 5.11 Å². The minimum Gasteiger partial charge on any atom is -0.481 e. The number of rotatable bonds is 7. The van der Waals surface area contributed by atoms with E-state index in [1.807, 2.05) is 17.0 Å². The number of aromatic nitrogens is 2. The van der Waals surface area contributed by atoms with Gasteiger partial charge in [-0.1, -0.05) is 12.1 Å². The summed E-state index contributed by atoms with van der Waals surface area (Å²) in [6, 6.07) is 7.20. The van der Waals surface area contributed by atoms with Crippen LogP contribution in [0.25, 0.3) is 10.9 Å². The van der Waals surface area contributed by atoms with Crippen molar-refractivity contribution in [2.75, 3.05) is 13.1 Å². The minimum atomic E-state index is -0.782. The summed E-state index contributed by atoms with van der Waals surface area (Å²) in [7, 11) is 0. The van der Waals surface area contributed by atoms with Gasteiger partial charge in [-0.05, 0) is 43.7 Å². The zero-order valence-corrected chi connectivity index (χ0v) is 15.3. The Kier molecular flexibility index (Phi) is 6.21. The fourth-order valence-corrected chi connectivity index (χ4v) is 3.67. The zero-order valence-electron chi connectivity index (χ0n) is 15.3. The van der Waals surface area contributed by atoms with Crippen molar-refractivity contribution >= 4 is 22.8 Å². The van der Waals surface area contributed by atoms with Gasteiger partial charge in [0.25, 0.3) is 5.56 Å².